The summed E-state index contributed by atoms with van der Waals surface area (Å²) >= 11 is 0. The minimum atomic E-state index is -3.60. The Morgan fingerprint density at radius 3 is 2.10 bits per heavy atom. The molecule has 0 saturated carbocycles. The van der Waals surface area contributed by atoms with Crippen molar-refractivity contribution in [3.05, 3.63) is 6.33 Å². The number of aromatic nitrogens is 4. The predicted molar refractivity (Wildman–Crippen MR) is 149 cm³/mol. The van der Waals surface area contributed by atoms with E-state index in [1.54, 1.807) is 29.6 Å². The average Bonchev–Trinajstić information content (AvgIpc) is 3.28. The van der Waals surface area contributed by atoms with Crippen LogP contribution in [0.4, 0.5) is 11.8 Å². The van der Waals surface area contributed by atoms with Gasteiger partial charge in [0.25, 0.3) is 0 Å². The van der Waals surface area contributed by atoms with Crippen LogP contribution in [0, 0.1) is 0 Å². The van der Waals surface area contributed by atoms with Crippen LogP contribution >= 0.6 is 7.44 Å². The molecule has 220 valence electrons. The molecule has 2 aromatic rings. The van der Waals surface area contributed by atoms with Gasteiger partial charge in [0.15, 0.2) is 17.0 Å². The summed E-state index contributed by atoms with van der Waals surface area (Å²) in [5, 5.41) is 5.60. The Hall–Kier alpha value is -2.80. The normalized spacial score (nSPS) is 13.3. The molecule has 2 atom stereocenters. The number of nitrogen functional groups attached to an aromatic ring is 1. The average molecular weight is 571 g/mol. The molecular formula is C24H43N8O6P. The molecular weight excluding hydrogens is 527 g/mol. The Kier molecular flexibility index (Phi) is 13.1. The third kappa shape index (κ3) is 10.0. The van der Waals surface area contributed by atoms with Gasteiger partial charge in [0.1, 0.15) is 18.4 Å². The number of anilines is 2. The second kappa shape index (κ2) is 15.7. The van der Waals surface area contributed by atoms with Gasteiger partial charge in [-0.25, -0.2) is 15.2 Å². The van der Waals surface area contributed by atoms with Crippen LogP contribution in [-0.2, 0) is 34.9 Å². The quantitative estimate of drug-likeness (QED) is 0.135. The number of ether oxygens (including phenoxy) is 3. The van der Waals surface area contributed by atoms with E-state index in [2.05, 4.69) is 25.1 Å². The van der Waals surface area contributed by atoms with Gasteiger partial charge in [0.05, 0.1) is 26.1 Å². The number of carbonyl (C=O) groups excluding carboxylic acids is 2. The van der Waals surface area contributed by atoms with E-state index in [0.29, 0.717) is 23.5 Å². The lowest BCUT2D eigenvalue weighted by molar-refractivity contribution is -0.145. The Morgan fingerprint density at radius 2 is 1.59 bits per heavy atom. The van der Waals surface area contributed by atoms with E-state index >= 15 is 0 Å². The maximum Gasteiger partial charge on any atom is 0.323 e. The molecule has 4 N–H and O–H groups in total. The van der Waals surface area contributed by atoms with Gasteiger partial charge in [0, 0.05) is 20.6 Å². The summed E-state index contributed by atoms with van der Waals surface area (Å²) in [5.41, 5.74) is 7.00. The van der Waals surface area contributed by atoms with E-state index in [-0.39, 0.29) is 32.1 Å². The Labute approximate surface area is 229 Å². The van der Waals surface area contributed by atoms with Crippen molar-refractivity contribution in [1.29, 1.82) is 0 Å². The summed E-state index contributed by atoms with van der Waals surface area (Å²) < 4.78 is 31.8. The lowest BCUT2D eigenvalue weighted by Crippen LogP contribution is -2.43. The number of nitrogens with one attached hydrogen (secondary N) is 2. The van der Waals surface area contributed by atoms with Gasteiger partial charge >= 0.3 is 11.9 Å². The van der Waals surface area contributed by atoms with Crippen molar-refractivity contribution < 1.29 is 28.4 Å². The molecule has 0 aliphatic rings. The summed E-state index contributed by atoms with van der Waals surface area (Å²) in [6, 6.07) is -1.79. The SMILES string of the molecule is CCCCOC(=O)[C@H](C)NP(=O)(COCCn1cnc2c(N(C)C)nc(N)nc21)N[C@@H](C)C(=O)OCCCC. The van der Waals surface area contributed by atoms with Gasteiger partial charge in [-0.2, -0.15) is 9.97 Å². The number of unbranched alkanes of at least 4 members (excludes halogenated alkanes) is 2. The molecule has 0 aliphatic heterocycles. The molecule has 0 radical (unpaired) electrons. The molecule has 15 heteroatoms. The number of rotatable bonds is 18. The molecule has 0 bridgehead atoms. The topological polar surface area (TPSA) is 176 Å². The standard InChI is InChI=1S/C24H43N8O6P/c1-7-9-12-37-22(33)17(3)29-39(35,30-18(4)23(34)38-13-10-8-2)16-36-14-11-32-15-26-19-20(31(5)6)27-24(25)28-21(19)32/h15,17-18H,7-14,16H2,1-6H3,(H2,25,27,28)(H2,29,30,35)/t17-,18-/m0/s1. The predicted octanol–water partition coefficient (Wildman–Crippen LogP) is 2.28. The highest BCUT2D eigenvalue weighted by Crippen LogP contribution is 2.37. The molecule has 0 spiro atoms. The van der Waals surface area contributed by atoms with E-state index in [4.69, 9.17) is 19.9 Å². The molecule has 0 amide bonds. The Bertz CT molecular complexity index is 1090. The van der Waals surface area contributed by atoms with Crippen molar-refractivity contribution in [1.82, 2.24) is 29.7 Å². The molecule has 0 aromatic carbocycles. The maximum atomic E-state index is 13.8. The second-order valence-corrected chi connectivity index (χ2v) is 11.7. The zero-order valence-corrected chi connectivity index (χ0v) is 24.7. The van der Waals surface area contributed by atoms with E-state index in [9.17, 15) is 14.2 Å². The number of imidazole rings is 1. The lowest BCUT2D eigenvalue weighted by atomic mass is 10.3. The van der Waals surface area contributed by atoms with Gasteiger partial charge in [0.2, 0.25) is 13.4 Å². The van der Waals surface area contributed by atoms with Gasteiger partial charge < -0.3 is 29.4 Å². The van der Waals surface area contributed by atoms with Crippen LogP contribution in [0.2, 0.25) is 0 Å². The molecule has 39 heavy (non-hydrogen) atoms. The molecule has 0 aliphatic carbocycles. The van der Waals surface area contributed by atoms with Crippen molar-refractivity contribution in [2.45, 2.75) is 72.0 Å². The third-order valence-electron chi connectivity index (χ3n) is 5.63. The third-order valence-corrected chi connectivity index (χ3v) is 7.79. The fourth-order valence-corrected chi connectivity index (χ4v) is 5.58. The smallest absolute Gasteiger partial charge is 0.323 e. The lowest BCUT2D eigenvalue weighted by Gasteiger charge is -2.26. The summed E-state index contributed by atoms with van der Waals surface area (Å²) in [6.07, 6.45) is 4.53. The summed E-state index contributed by atoms with van der Waals surface area (Å²) in [5.74, 6) is -0.369. The summed E-state index contributed by atoms with van der Waals surface area (Å²) in [4.78, 5) is 39.5. The number of hydrogen-bond acceptors (Lipinski definition) is 11. The van der Waals surface area contributed by atoms with Crippen LogP contribution in [0.5, 0.6) is 0 Å². The maximum absolute atomic E-state index is 13.8. The Balaban J connectivity index is 2.07. The first-order chi connectivity index (χ1) is 18.5. The summed E-state index contributed by atoms with van der Waals surface area (Å²) in [6.45, 7) is 8.11. The fourth-order valence-electron chi connectivity index (χ4n) is 3.50. The van der Waals surface area contributed by atoms with E-state index < -0.39 is 31.5 Å². The minimum Gasteiger partial charge on any atom is -0.465 e. The molecule has 0 fully saturated rings. The van der Waals surface area contributed by atoms with Gasteiger partial charge in [-0.15, -0.1) is 0 Å². The van der Waals surface area contributed by atoms with Crippen LogP contribution in [0.25, 0.3) is 11.2 Å². The molecule has 0 unspecified atom stereocenters. The molecule has 2 rings (SSSR count). The molecule has 14 nitrogen and oxygen atoms in total. The monoisotopic (exact) mass is 570 g/mol. The van der Waals surface area contributed by atoms with Crippen LogP contribution in [-0.4, -0.2) is 83.8 Å². The first-order valence-electron chi connectivity index (χ1n) is 13.2. The molecule has 2 heterocycles. The van der Waals surface area contributed by atoms with Crippen molar-refractivity contribution in [2.24, 2.45) is 0 Å². The van der Waals surface area contributed by atoms with Crippen molar-refractivity contribution in [2.75, 3.05) is 50.9 Å². The minimum absolute atomic E-state index is 0.117. The summed E-state index contributed by atoms with van der Waals surface area (Å²) in [7, 11) is 0.0688. The Morgan fingerprint density at radius 1 is 1.03 bits per heavy atom. The van der Waals surface area contributed by atoms with Crippen molar-refractivity contribution in [3.63, 3.8) is 0 Å². The number of carbonyl (C=O) groups is 2. The number of nitrogens with two attached hydrogens (primary N) is 1. The number of fused-ring (bicyclic) bond motifs is 1. The van der Waals surface area contributed by atoms with E-state index in [0.717, 1.165) is 25.7 Å². The first kappa shape index (κ1) is 32.4. The van der Waals surface area contributed by atoms with Gasteiger partial charge in [-0.1, -0.05) is 26.7 Å². The van der Waals surface area contributed by atoms with Crippen LogP contribution in [0.3, 0.4) is 0 Å². The first-order valence-corrected chi connectivity index (χ1v) is 15.1. The van der Waals surface area contributed by atoms with Gasteiger partial charge in [-0.3, -0.25) is 14.2 Å². The highest BCUT2D eigenvalue weighted by molar-refractivity contribution is 7.59. The molecule has 2 aromatic heterocycles. The fraction of sp³-hybridized carbons (Fsp3) is 0.708. The zero-order chi connectivity index (χ0) is 29.0. The van der Waals surface area contributed by atoms with E-state index in [1.807, 2.05) is 27.9 Å². The van der Waals surface area contributed by atoms with Gasteiger partial charge in [-0.05, 0) is 26.7 Å². The highest BCUT2D eigenvalue weighted by Gasteiger charge is 2.32. The number of esters is 2. The second-order valence-electron chi connectivity index (χ2n) is 9.43. The largest absolute Gasteiger partial charge is 0.465 e. The molecule has 0 saturated heterocycles. The zero-order valence-electron chi connectivity index (χ0n) is 23.8. The van der Waals surface area contributed by atoms with Crippen LogP contribution in [0.1, 0.15) is 53.4 Å². The van der Waals surface area contributed by atoms with Crippen LogP contribution in [0.15, 0.2) is 6.33 Å². The number of hydrogen-bond donors (Lipinski definition) is 3. The van der Waals surface area contributed by atoms with Crippen molar-refractivity contribution >= 4 is 42.3 Å². The van der Waals surface area contributed by atoms with E-state index in [1.165, 1.54) is 0 Å². The van der Waals surface area contributed by atoms with Crippen LogP contribution < -0.4 is 20.8 Å². The number of nitrogens with zero attached hydrogens (tertiary/aromatic N) is 5. The van der Waals surface area contributed by atoms with Crippen molar-refractivity contribution in [3.8, 4) is 0 Å². The highest BCUT2D eigenvalue weighted by atomic mass is 31.2.